The molecule has 6 rings (SSSR count). The monoisotopic (exact) mass is 719 g/mol. The van der Waals surface area contributed by atoms with E-state index in [1.807, 2.05) is 0 Å². The van der Waals surface area contributed by atoms with E-state index in [9.17, 15) is 16.8 Å². The fraction of sp³-hybridized carbons (Fsp3) is 0.152. The van der Waals surface area contributed by atoms with Gasteiger partial charge in [0.15, 0.2) is 11.5 Å². The average Bonchev–Trinajstić information content (AvgIpc) is 3.47. The maximum Gasteiger partial charge on any atom is 0.230 e. The maximum absolute atomic E-state index is 13.7. The van der Waals surface area contributed by atoms with E-state index in [0.717, 1.165) is 5.23 Å². The third-order valence-electron chi connectivity index (χ3n) is 7.45. The van der Waals surface area contributed by atoms with Gasteiger partial charge in [-0.25, -0.2) is 16.8 Å². The summed E-state index contributed by atoms with van der Waals surface area (Å²) in [6, 6.07) is 21.7. The lowest BCUT2D eigenvalue weighted by molar-refractivity contribution is -0.276. The van der Waals surface area contributed by atoms with Gasteiger partial charge in [-0.1, -0.05) is 24.3 Å². The van der Waals surface area contributed by atoms with Crippen molar-refractivity contribution in [3.05, 3.63) is 106 Å². The molecule has 0 radical (unpaired) electrons. The van der Waals surface area contributed by atoms with E-state index in [1.165, 1.54) is 59.8 Å². The summed E-state index contributed by atoms with van der Waals surface area (Å²) >= 11 is 0. The summed E-state index contributed by atoms with van der Waals surface area (Å²) in [7, 11) is -1.29. The first-order valence-electron chi connectivity index (χ1n) is 14.6. The summed E-state index contributed by atoms with van der Waals surface area (Å²) in [4.78, 5) is 11.8. The highest BCUT2D eigenvalue weighted by molar-refractivity contribution is 7.96. The van der Waals surface area contributed by atoms with Crippen molar-refractivity contribution in [1.82, 2.24) is 5.23 Å². The van der Waals surface area contributed by atoms with Crippen LogP contribution in [0.4, 0.5) is 11.4 Å². The van der Waals surface area contributed by atoms with Crippen molar-refractivity contribution in [3.63, 3.8) is 0 Å². The number of methoxy groups -OCH3 is 4. The van der Waals surface area contributed by atoms with E-state index < -0.39 is 29.7 Å². The summed E-state index contributed by atoms with van der Waals surface area (Å²) in [5.41, 5.74) is 0.798. The van der Waals surface area contributed by atoms with Gasteiger partial charge in [-0.05, 0) is 48.5 Å². The van der Waals surface area contributed by atoms with Gasteiger partial charge in [0.25, 0.3) is 0 Å². The molecule has 0 N–H and O–H groups in total. The first kappa shape index (κ1) is 34.1. The van der Waals surface area contributed by atoms with Crippen LogP contribution in [0.25, 0.3) is 11.5 Å². The van der Waals surface area contributed by atoms with Crippen LogP contribution in [0.5, 0.6) is 23.0 Å². The Kier molecular flexibility index (Phi) is 9.29. The Morgan fingerprint density at radius 3 is 1.30 bits per heavy atom. The third kappa shape index (κ3) is 6.13. The summed E-state index contributed by atoms with van der Waals surface area (Å²) in [6.45, 7) is 0. The fourth-order valence-corrected chi connectivity index (χ4v) is 7.96. The molecule has 2 heterocycles. The van der Waals surface area contributed by atoms with Crippen LogP contribution < -0.4 is 18.9 Å². The molecule has 2 aliphatic rings. The second-order valence-corrected chi connectivity index (χ2v) is 14.0. The van der Waals surface area contributed by atoms with Crippen LogP contribution in [0.3, 0.4) is 0 Å². The predicted molar refractivity (Wildman–Crippen MR) is 179 cm³/mol. The Balaban J connectivity index is 1.40. The Bertz CT molecular complexity index is 2180. The largest absolute Gasteiger partial charge is 0.497 e. The van der Waals surface area contributed by atoms with Crippen LogP contribution >= 0.6 is 0 Å². The topological polar surface area (TPSA) is 176 Å². The minimum atomic E-state index is -4.22. The quantitative estimate of drug-likeness (QED) is 0.114. The molecule has 50 heavy (non-hydrogen) atoms. The molecule has 0 saturated heterocycles. The van der Waals surface area contributed by atoms with Gasteiger partial charge in [0.1, 0.15) is 34.4 Å². The summed E-state index contributed by atoms with van der Waals surface area (Å²) < 4.78 is 75.9. The summed E-state index contributed by atoms with van der Waals surface area (Å²) in [5, 5.41) is 16.2. The Labute approximate surface area is 287 Å². The third-order valence-corrected chi connectivity index (χ3v) is 10.9. The lowest BCUT2D eigenvalue weighted by Gasteiger charge is -2.19. The molecule has 2 aliphatic heterocycles. The van der Waals surface area contributed by atoms with Crippen molar-refractivity contribution >= 4 is 42.6 Å². The predicted octanol–water partition coefficient (Wildman–Crippen LogP) is 6.61. The van der Waals surface area contributed by atoms with Gasteiger partial charge in [-0.2, -0.15) is 0 Å². The highest BCUT2D eigenvalue weighted by atomic mass is 32.2. The van der Waals surface area contributed by atoms with E-state index in [-0.39, 0.29) is 55.3 Å². The molecule has 4 aromatic rings. The molecular weight excluding hydrogens is 691 g/mol. The number of hydroxylamine groups is 2. The van der Waals surface area contributed by atoms with Gasteiger partial charge in [0, 0.05) is 28.5 Å². The first-order chi connectivity index (χ1) is 24.0. The minimum Gasteiger partial charge on any atom is -0.497 e. The number of hydrogen-bond donors (Lipinski definition) is 0. The zero-order valence-electron chi connectivity index (χ0n) is 27.2. The highest BCUT2D eigenvalue weighted by Gasteiger charge is 2.41. The average molecular weight is 720 g/mol. The normalized spacial score (nSPS) is 15.8. The molecule has 15 nitrogen and oxygen atoms in total. The van der Waals surface area contributed by atoms with Crippen LogP contribution in [-0.4, -0.2) is 57.5 Å². The van der Waals surface area contributed by atoms with Gasteiger partial charge in [0.05, 0.1) is 45.3 Å². The molecule has 0 atom stereocenters. The number of nitrogens with zero attached hydrogens (tertiary/aromatic N) is 5. The van der Waals surface area contributed by atoms with Gasteiger partial charge >= 0.3 is 0 Å². The molecular formula is C33H29N5O10S2. The van der Waals surface area contributed by atoms with Crippen LogP contribution in [0.2, 0.25) is 0 Å². The van der Waals surface area contributed by atoms with E-state index >= 15 is 0 Å². The highest BCUT2D eigenvalue weighted by Crippen LogP contribution is 2.45. The Morgan fingerprint density at radius 1 is 0.520 bits per heavy atom. The van der Waals surface area contributed by atoms with Gasteiger partial charge in [-0.3, -0.25) is 0 Å². The number of ether oxygens (including phenoxy) is 4. The maximum atomic E-state index is 13.7. The molecule has 0 aliphatic carbocycles. The molecule has 0 aromatic heterocycles. The van der Waals surface area contributed by atoms with Crippen molar-refractivity contribution in [2.24, 2.45) is 20.5 Å². The van der Waals surface area contributed by atoms with Crippen LogP contribution in [0.15, 0.2) is 125 Å². The molecule has 4 aromatic carbocycles. The standard InChI is InChI=1S/C33H29N5O10S2/c1-38(47-30-22-10-6-8-12-28(22)49(39,40)32(30)36-34-24-16-14-20(43-2)18-26(24)45-4)48-31-23-11-7-9-13-29(23)50(41,42)33(31)37-35-25-17-15-21(44-3)19-27(25)46-5/h6-19H,1-5H3. The zero-order valence-corrected chi connectivity index (χ0v) is 28.9. The van der Waals surface area contributed by atoms with E-state index in [1.54, 1.807) is 60.7 Å². The van der Waals surface area contributed by atoms with Crippen molar-refractivity contribution in [1.29, 1.82) is 0 Å². The molecule has 258 valence electrons. The number of rotatable bonds is 12. The van der Waals surface area contributed by atoms with Gasteiger partial charge < -0.3 is 28.6 Å². The minimum absolute atomic E-state index is 0.0741. The van der Waals surface area contributed by atoms with Crippen molar-refractivity contribution in [2.45, 2.75) is 9.79 Å². The molecule has 0 amide bonds. The lowest BCUT2D eigenvalue weighted by atomic mass is 10.2. The van der Waals surface area contributed by atoms with Crippen LogP contribution in [0, 0.1) is 0 Å². The van der Waals surface area contributed by atoms with E-state index in [4.69, 9.17) is 28.6 Å². The molecule has 0 saturated carbocycles. The van der Waals surface area contributed by atoms with Crippen molar-refractivity contribution in [3.8, 4) is 23.0 Å². The molecule has 0 unspecified atom stereocenters. The van der Waals surface area contributed by atoms with Crippen LogP contribution in [-0.2, 0) is 29.3 Å². The van der Waals surface area contributed by atoms with Crippen LogP contribution in [0.1, 0.15) is 11.1 Å². The van der Waals surface area contributed by atoms with Crippen molar-refractivity contribution in [2.75, 3.05) is 35.5 Å². The number of azo groups is 2. The zero-order chi connectivity index (χ0) is 35.6. The number of hydrogen-bond acceptors (Lipinski definition) is 15. The molecule has 0 spiro atoms. The molecule has 0 fully saturated rings. The number of fused-ring (bicyclic) bond motifs is 2. The summed E-state index contributed by atoms with van der Waals surface area (Å²) in [5.74, 6) is 1.12. The second-order valence-electron chi connectivity index (χ2n) is 10.4. The van der Waals surface area contributed by atoms with Gasteiger partial charge in [0.2, 0.25) is 29.7 Å². The summed E-state index contributed by atoms with van der Waals surface area (Å²) in [6.07, 6.45) is 0. The lowest BCUT2D eigenvalue weighted by Crippen LogP contribution is -2.18. The number of sulfone groups is 2. The Morgan fingerprint density at radius 2 is 0.920 bits per heavy atom. The van der Waals surface area contributed by atoms with Crippen molar-refractivity contribution < 1.29 is 45.5 Å². The van der Waals surface area contributed by atoms with E-state index in [2.05, 4.69) is 20.5 Å². The smallest absolute Gasteiger partial charge is 0.230 e. The van der Waals surface area contributed by atoms with Gasteiger partial charge in [-0.15, -0.1) is 20.5 Å². The SMILES string of the molecule is COc1ccc(N=NC2=C(ON(C)OC3=C(N=Nc4ccc(OC)cc4OC)S(=O)(=O)c4ccccc43)c3ccccc3S2(=O)=O)c(OC)c1. The molecule has 17 heteroatoms. The molecule has 0 bridgehead atoms. The fourth-order valence-electron chi connectivity index (χ4n) is 5.04. The second kappa shape index (κ2) is 13.6. The first-order valence-corrected chi connectivity index (χ1v) is 17.5. The number of benzene rings is 4. The van der Waals surface area contributed by atoms with E-state index in [0.29, 0.717) is 11.5 Å². The Hall–Kier alpha value is -5.78.